The first-order chi connectivity index (χ1) is 7.89. The van der Waals surface area contributed by atoms with Gasteiger partial charge in [0.25, 0.3) is 0 Å². The number of rotatable bonds is 5. The van der Waals surface area contributed by atoms with Crippen molar-refractivity contribution in [2.45, 2.75) is 38.6 Å². The second-order valence-corrected chi connectivity index (χ2v) is 5.67. The van der Waals surface area contributed by atoms with Gasteiger partial charge in [-0.15, -0.1) is 0 Å². The van der Waals surface area contributed by atoms with E-state index >= 15 is 0 Å². The minimum absolute atomic E-state index is 0.0410. The molecule has 2 heteroatoms. The van der Waals surface area contributed by atoms with Crippen molar-refractivity contribution in [1.82, 2.24) is 4.90 Å². The topological polar surface area (TPSA) is 29.3 Å². The maximum atomic E-state index is 5.89. The fraction of sp³-hybridized carbons (Fsp3) is 0.600. The summed E-state index contributed by atoms with van der Waals surface area (Å²) in [6, 6.07) is 8.92. The molecule has 2 nitrogen and oxygen atoms in total. The zero-order chi connectivity index (χ0) is 13.1. The third-order valence-electron chi connectivity index (χ3n) is 3.75. The molecule has 2 N–H and O–H groups in total. The molecule has 1 atom stereocenters. The summed E-state index contributed by atoms with van der Waals surface area (Å²) in [5.74, 6) is 0.596. The Balaban J connectivity index is 2.81. The van der Waals surface area contributed by atoms with Crippen LogP contribution in [0.1, 0.15) is 37.8 Å². The summed E-state index contributed by atoms with van der Waals surface area (Å²) in [6.07, 6.45) is 0.995. The van der Waals surface area contributed by atoms with Crippen molar-refractivity contribution < 1.29 is 0 Å². The summed E-state index contributed by atoms with van der Waals surface area (Å²) in [4.78, 5) is 2.21. The Hall–Kier alpha value is -0.860. The Morgan fingerprint density at radius 2 is 1.71 bits per heavy atom. The first-order valence-corrected chi connectivity index (χ1v) is 6.35. The predicted molar refractivity (Wildman–Crippen MR) is 75.4 cm³/mol. The van der Waals surface area contributed by atoms with E-state index in [4.69, 9.17) is 5.73 Å². The van der Waals surface area contributed by atoms with E-state index in [2.05, 4.69) is 64.0 Å². The van der Waals surface area contributed by atoms with Gasteiger partial charge in [0.15, 0.2) is 0 Å². The number of nitrogens with two attached hydrogens (primary N) is 1. The maximum Gasteiger partial charge on any atom is 0.0337 e. The molecule has 1 aromatic rings. The van der Waals surface area contributed by atoms with Gasteiger partial charge in [-0.25, -0.2) is 0 Å². The summed E-state index contributed by atoms with van der Waals surface area (Å²) in [6.45, 7) is 7.33. The lowest BCUT2D eigenvalue weighted by molar-refractivity contribution is 0.181. The van der Waals surface area contributed by atoms with E-state index in [9.17, 15) is 0 Å². The normalized spacial score (nSPS) is 15.3. The molecule has 0 bridgehead atoms. The number of hydrogen-bond donors (Lipinski definition) is 1. The summed E-state index contributed by atoms with van der Waals surface area (Å²) in [5, 5.41) is 0. The van der Waals surface area contributed by atoms with Crippen LogP contribution in [0.2, 0.25) is 0 Å². The highest BCUT2D eigenvalue weighted by atomic mass is 15.1. The third kappa shape index (κ3) is 3.55. The monoisotopic (exact) mass is 234 g/mol. The zero-order valence-electron chi connectivity index (χ0n) is 11.8. The first-order valence-electron chi connectivity index (χ1n) is 6.35. The van der Waals surface area contributed by atoms with E-state index in [0.717, 1.165) is 6.42 Å². The second-order valence-electron chi connectivity index (χ2n) is 5.67. The highest BCUT2D eigenvalue weighted by Crippen LogP contribution is 2.20. The number of likely N-dealkylation sites (N-methyl/N-ethyl adjacent to an activating group) is 1. The molecule has 0 amide bonds. The van der Waals surface area contributed by atoms with E-state index in [0.29, 0.717) is 12.5 Å². The molecule has 0 heterocycles. The Bertz CT molecular complexity index is 340. The lowest BCUT2D eigenvalue weighted by Gasteiger charge is -2.35. The first kappa shape index (κ1) is 14.2. The Morgan fingerprint density at radius 3 is 2.06 bits per heavy atom. The Labute approximate surface area is 106 Å². The van der Waals surface area contributed by atoms with Gasteiger partial charge in [-0.2, -0.15) is 0 Å². The van der Waals surface area contributed by atoms with Gasteiger partial charge in [-0.05, 0) is 44.5 Å². The predicted octanol–water partition coefficient (Wildman–Crippen LogP) is 2.63. The molecule has 1 rings (SSSR count). The molecule has 96 valence electrons. The van der Waals surface area contributed by atoms with Gasteiger partial charge in [0.1, 0.15) is 0 Å². The van der Waals surface area contributed by atoms with Gasteiger partial charge in [-0.3, -0.25) is 0 Å². The van der Waals surface area contributed by atoms with Crippen LogP contribution in [0.4, 0.5) is 0 Å². The fourth-order valence-corrected chi connectivity index (χ4v) is 1.87. The lowest BCUT2D eigenvalue weighted by atomic mass is 9.90. The highest BCUT2D eigenvalue weighted by molar-refractivity contribution is 5.26. The SMILES string of the molecule is CC(C)c1ccc(CC(C)(CN)N(C)C)cc1. The van der Waals surface area contributed by atoms with Crippen LogP contribution >= 0.6 is 0 Å². The summed E-state index contributed by atoms with van der Waals surface area (Å²) < 4.78 is 0. The number of benzene rings is 1. The maximum absolute atomic E-state index is 5.89. The van der Waals surface area contributed by atoms with Crippen molar-refractivity contribution in [2.75, 3.05) is 20.6 Å². The molecule has 0 aliphatic carbocycles. The zero-order valence-corrected chi connectivity index (χ0v) is 11.8. The average Bonchev–Trinajstić information content (AvgIpc) is 2.29. The van der Waals surface area contributed by atoms with Crippen LogP contribution in [-0.4, -0.2) is 31.1 Å². The van der Waals surface area contributed by atoms with Crippen LogP contribution in [-0.2, 0) is 6.42 Å². The second kappa shape index (κ2) is 5.65. The quantitative estimate of drug-likeness (QED) is 0.848. The van der Waals surface area contributed by atoms with E-state index < -0.39 is 0 Å². The van der Waals surface area contributed by atoms with Gasteiger partial charge in [0.05, 0.1) is 0 Å². The van der Waals surface area contributed by atoms with E-state index in [1.54, 1.807) is 0 Å². The summed E-state index contributed by atoms with van der Waals surface area (Å²) >= 11 is 0. The molecule has 0 aliphatic heterocycles. The van der Waals surface area contributed by atoms with Crippen molar-refractivity contribution in [3.63, 3.8) is 0 Å². The molecule has 0 saturated carbocycles. The summed E-state index contributed by atoms with van der Waals surface area (Å²) in [7, 11) is 4.19. The van der Waals surface area contributed by atoms with Crippen molar-refractivity contribution in [3.8, 4) is 0 Å². The average molecular weight is 234 g/mol. The standard InChI is InChI=1S/C15H26N2/c1-12(2)14-8-6-13(7-9-14)10-15(3,11-16)17(4)5/h6-9,12H,10-11,16H2,1-5H3. The van der Waals surface area contributed by atoms with Crippen LogP contribution < -0.4 is 5.73 Å². The van der Waals surface area contributed by atoms with Crippen molar-refractivity contribution in [1.29, 1.82) is 0 Å². The van der Waals surface area contributed by atoms with E-state index in [-0.39, 0.29) is 5.54 Å². The molecule has 1 aromatic carbocycles. The molecule has 0 fully saturated rings. The third-order valence-corrected chi connectivity index (χ3v) is 3.75. The lowest BCUT2D eigenvalue weighted by Crippen LogP contribution is -2.49. The molecule has 17 heavy (non-hydrogen) atoms. The van der Waals surface area contributed by atoms with Crippen LogP contribution in [0.25, 0.3) is 0 Å². The summed E-state index contributed by atoms with van der Waals surface area (Å²) in [5.41, 5.74) is 8.69. The van der Waals surface area contributed by atoms with E-state index in [1.807, 2.05) is 0 Å². The molecule has 0 spiro atoms. The number of nitrogens with zero attached hydrogens (tertiary/aromatic N) is 1. The highest BCUT2D eigenvalue weighted by Gasteiger charge is 2.25. The van der Waals surface area contributed by atoms with Crippen LogP contribution in [0, 0.1) is 0 Å². The van der Waals surface area contributed by atoms with Gasteiger partial charge in [0.2, 0.25) is 0 Å². The van der Waals surface area contributed by atoms with Crippen LogP contribution in [0.3, 0.4) is 0 Å². The minimum Gasteiger partial charge on any atom is -0.329 e. The Kier molecular flexibility index (Phi) is 4.72. The van der Waals surface area contributed by atoms with Crippen LogP contribution in [0.5, 0.6) is 0 Å². The minimum atomic E-state index is 0.0410. The molecule has 0 radical (unpaired) electrons. The molecular weight excluding hydrogens is 208 g/mol. The largest absolute Gasteiger partial charge is 0.329 e. The van der Waals surface area contributed by atoms with Gasteiger partial charge >= 0.3 is 0 Å². The molecular formula is C15H26N2. The fourth-order valence-electron chi connectivity index (χ4n) is 1.87. The van der Waals surface area contributed by atoms with E-state index in [1.165, 1.54) is 11.1 Å². The number of hydrogen-bond acceptors (Lipinski definition) is 2. The molecule has 0 aliphatic rings. The van der Waals surface area contributed by atoms with Crippen molar-refractivity contribution in [2.24, 2.45) is 5.73 Å². The molecule has 0 saturated heterocycles. The van der Waals surface area contributed by atoms with Gasteiger partial charge in [-0.1, -0.05) is 38.1 Å². The van der Waals surface area contributed by atoms with Gasteiger partial charge in [0, 0.05) is 12.1 Å². The Morgan fingerprint density at radius 1 is 1.18 bits per heavy atom. The molecule has 0 aromatic heterocycles. The van der Waals surface area contributed by atoms with Crippen molar-refractivity contribution >= 4 is 0 Å². The van der Waals surface area contributed by atoms with Crippen molar-refractivity contribution in [3.05, 3.63) is 35.4 Å². The van der Waals surface area contributed by atoms with Gasteiger partial charge < -0.3 is 10.6 Å². The smallest absolute Gasteiger partial charge is 0.0337 e. The molecule has 1 unspecified atom stereocenters. The van der Waals surface area contributed by atoms with Crippen LogP contribution in [0.15, 0.2) is 24.3 Å².